The summed E-state index contributed by atoms with van der Waals surface area (Å²) < 4.78 is 10.9. The summed E-state index contributed by atoms with van der Waals surface area (Å²) in [5, 5.41) is 8.83. The minimum absolute atomic E-state index is 0.545. The molecule has 1 aromatic carbocycles. The standard InChI is InChI=1S/C12H14N2O2S/c1-12(14,7-13)8-17-9-2-3-10-11(6-9)16-5-4-15-10/h2-3,6H,4-5,8,14H2,1H3. The van der Waals surface area contributed by atoms with Gasteiger partial charge in [0.1, 0.15) is 18.8 Å². The number of fused-ring (bicyclic) bond motifs is 1. The highest BCUT2D eigenvalue weighted by Gasteiger charge is 2.18. The third-order valence-corrected chi connectivity index (χ3v) is 3.64. The highest BCUT2D eigenvalue weighted by molar-refractivity contribution is 7.99. The van der Waals surface area contributed by atoms with Crippen molar-refractivity contribution in [3.63, 3.8) is 0 Å². The van der Waals surface area contributed by atoms with Crippen LogP contribution in [0.3, 0.4) is 0 Å². The van der Waals surface area contributed by atoms with Crippen LogP contribution in [0, 0.1) is 11.3 Å². The Morgan fingerprint density at radius 3 is 2.82 bits per heavy atom. The number of hydrogen-bond donors (Lipinski definition) is 1. The summed E-state index contributed by atoms with van der Waals surface area (Å²) in [6.45, 7) is 2.89. The Morgan fingerprint density at radius 2 is 2.12 bits per heavy atom. The van der Waals surface area contributed by atoms with Gasteiger partial charge < -0.3 is 15.2 Å². The van der Waals surface area contributed by atoms with Crippen LogP contribution in [0.25, 0.3) is 0 Å². The summed E-state index contributed by atoms with van der Waals surface area (Å²) in [6, 6.07) is 7.83. The first kappa shape index (κ1) is 12.1. The lowest BCUT2D eigenvalue weighted by molar-refractivity contribution is 0.171. The van der Waals surface area contributed by atoms with Crippen molar-refractivity contribution >= 4 is 11.8 Å². The third kappa shape index (κ3) is 3.05. The molecular formula is C12H14N2O2S. The predicted octanol–water partition coefficient (Wildman–Crippen LogP) is 1.79. The van der Waals surface area contributed by atoms with Gasteiger partial charge in [-0.15, -0.1) is 11.8 Å². The van der Waals surface area contributed by atoms with Gasteiger partial charge in [-0.2, -0.15) is 5.26 Å². The van der Waals surface area contributed by atoms with Crippen LogP contribution in [-0.2, 0) is 0 Å². The van der Waals surface area contributed by atoms with Gasteiger partial charge in [-0.3, -0.25) is 0 Å². The molecule has 1 atom stereocenters. The fourth-order valence-electron chi connectivity index (χ4n) is 1.38. The molecule has 0 radical (unpaired) electrons. The number of nitrogens with zero attached hydrogens (tertiary/aromatic N) is 1. The number of benzene rings is 1. The van der Waals surface area contributed by atoms with Crippen LogP contribution in [0.4, 0.5) is 0 Å². The van der Waals surface area contributed by atoms with Gasteiger partial charge in [0.25, 0.3) is 0 Å². The van der Waals surface area contributed by atoms with Crippen molar-refractivity contribution in [3.05, 3.63) is 18.2 Å². The fraction of sp³-hybridized carbons (Fsp3) is 0.417. The zero-order valence-electron chi connectivity index (χ0n) is 9.60. The molecule has 0 spiro atoms. The van der Waals surface area contributed by atoms with Crippen LogP contribution in [0.1, 0.15) is 6.92 Å². The Morgan fingerprint density at radius 1 is 1.41 bits per heavy atom. The van der Waals surface area contributed by atoms with Gasteiger partial charge in [0.15, 0.2) is 11.5 Å². The number of nitrogens with two attached hydrogens (primary N) is 1. The monoisotopic (exact) mass is 250 g/mol. The first-order chi connectivity index (χ1) is 8.11. The molecule has 0 saturated heterocycles. The van der Waals surface area contributed by atoms with Crippen molar-refractivity contribution in [2.75, 3.05) is 19.0 Å². The quantitative estimate of drug-likeness (QED) is 0.828. The van der Waals surface area contributed by atoms with E-state index in [2.05, 4.69) is 6.07 Å². The van der Waals surface area contributed by atoms with Gasteiger partial charge in [0.05, 0.1) is 6.07 Å². The zero-order valence-corrected chi connectivity index (χ0v) is 10.4. The lowest BCUT2D eigenvalue weighted by Gasteiger charge is -2.19. The van der Waals surface area contributed by atoms with E-state index < -0.39 is 5.54 Å². The number of nitriles is 1. The summed E-state index contributed by atoms with van der Waals surface area (Å²) in [7, 11) is 0. The normalized spacial score (nSPS) is 17.0. The van der Waals surface area contributed by atoms with Crippen LogP contribution in [0.15, 0.2) is 23.1 Å². The molecule has 0 saturated carbocycles. The molecule has 0 amide bonds. The van der Waals surface area contributed by atoms with Crippen LogP contribution < -0.4 is 15.2 Å². The summed E-state index contributed by atoms with van der Waals surface area (Å²) in [5.41, 5.74) is 4.96. The Balaban J connectivity index is 2.05. The van der Waals surface area contributed by atoms with Crippen molar-refractivity contribution < 1.29 is 9.47 Å². The van der Waals surface area contributed by atoms with Gasteiger partial charge in [0, 0.05) is 10.6 Å². The molecule has 1 aliphatic heterocycles. The van der Waals surface area contributed by atoms with Crippen molar-refractivity contribution in [2.24, 2.45) is 5.73 Å². The first-order valence-corrected chi connectivity index (χ1v) is 6.32. The van der Waals surface area contributed by atoms with E-state index >= 15 is 0 Å². The summed E-state index contributed by atoms with van der Waals surface area (Å²) in [5.74, 6) is 2.08. The Hall–Kier alpha value is -1.38. The van der Waals surface area contributed by atoms with E-state index in [9.17, 15) is 0 Å². The average Bonchev–Trinajstić information content (AvgIpc) is 2.36. The number of thioether (sulfide) groups is 1. The van der Waals surface area contributed by atoms with Crippen molar-refractivity contribution in [3.8, 4) is 17.6 Å². The molecule has 0 aromatic heterocycles. The largest absolute Gasteiger partial charge is 0.486 e. The lowest BCUT2D eigenvalue weighted by atomic mass is 10.1. The summed E-state index contributed by atoms with van der Waals surface area (Å²) in [4.78, 5) is 1.03. The van der Waals surface area contributed by atoms with Crippen molar-refractivity contribution in [1.29, 1.82) is 5.26 Å². The zero-order chi connectivity index (χ0) is 12.3. The van der Waals surface area contributed by atoms with Crippen molar-refractivity contribution in [1.82, 2.24) is 0 Å². The molecular weight excluding hydrogens is 236 g/mol. The maximum atomic E-state index is 8.83. The Kier molecular flexibility index (Phi) is 3.46. The molecule has 1 heterocycles. The molecule has 2 rings (SSSR count). The molecule has 4 nitrogen and oxygen atoms in total. The number of rotatable bonds is 3. The van der Waals surface area contributed by atoms with E-state index in [-0.39, 0.29) is 0 Å². The Bertz CT molecular complexity index is 454. The SMILES string of the molecule is CC(N)(C#N)CSc1ccc2c(c1)OCCO2. The molecule has 5 heteroatoms. The molecule has 2 N–H and O–H groups in total. The topological polar surface area (TPSA) is 68.3 Å². The predicted molar refractivity (Wildman–Crippen MR) is 66.4 cm³/mol. The minimum Gasteiger partial charge on any atom is -0.486 e. The molecule has 0 aliphatic carbocycles. The van der Waals surface area contributed by atoms with E-state index in [0.717, 1.165) is 16.4 Å². The molecule has 1 unspecified atom stereocenters. The van der Waals surface area contributed by atoms with E-state index in [1.165, 1.54) is 0 Å². The second-order valence-corrected chi connectivity index (χ2v) is 5.17. The van der Waals surface area contributed by atoms with Gasteiger partial charge in [-0.25, -0.2) is 0 Å². The summed E-state index contributed by atoms with van der Waals surface area (Å²) >= 11 is 1.54. The van der Waals surface area contributed by atoms with Gasteiger partial charge in [-0.1, -0.05) is 0 Å². The maximum Gasteiger partial charge on any atom is 0.162 e. The van der Waals surface area contributed by atoms with E-state index in [1.54, 1.807) is 18.7 Å². The molecule has 90 valence electrons. The lowest BCUT2D eigenvalue weighted by Crippen LogP contribution is -2.36. The van der Waals surface area contributed by atoms with Crippen LogP contribution >= 0.6 is 11.8 Å². The second kappa shape index (κ2) is 4.86. The summed E-state index contributed by atoms with van der Waals surface area (Å²) in [6.07, 6.45) is 0. The number of ether oxygens (including phenoxy) is 2. The molecule has 17 heavy (non-hydrogen) atoms. The van der Waals surface area contributed by atoms with Gasteiger partial charge in [0.2, 0.25) is 0 Å². The highest BCUT2D eigenvalue weighted by Crippen LogP contribution is 2.34. The molecule has 0 fully saturated rings. The molecule has 1 aromatic rings. The second-order valence-electron chi connectivity index (χ2n) is 4.12. The maximum absolute atomic E-state index is 8.83. The van der Waals surface area contributed by atoms with E-state index in [0.29, 0.717) is 19.0 Å². The van der Waals surface area contributed by atoms with Gasteiger partial charge in [-0.05, 0) is 25.1 Å². The average molecular weight is 250 g/mol. The van der Waals surface area contributed by atoms with Crippen LogP contribution in [0.5, 0.6) is 11.5 Å². The molecule has 0 bridgehead atoms. The van der Waals surface area contributed by atoms with Crippen LogP contribution in [0.2, 0.25) is 0 Å². The number of hydrogen-bond acceptors (Lipinski definition) is 5. The van der Waals surface area contributed by atoms with Crippen molar-refractivity contribution in [2.45, 2.75) is 17.4 Å². The molecule has 1 aliphatic rings. The third-order valence-electron chi connectivity index (χ3n) is 2.31. The van der Waals surface area contributed by atoms with Crippen LogP contribution in [-0.4, -0.2) is 24.5 Å². The fourth-order valence-corrected chi connectivity index (χ4v) is 2.26. The minimum atomic E-state index is -0.808. The Labute approximate surface area is 105 Å². The first-order valence-electron chi connectivity index (χ1n) is 5.33. The van der Waals surface area contributed by atoms with E-state index in [4.69, 9.17) is 20.5 Å². The smallest absolute Gasteiger partial charge is 0.162 e. The highest BCUT2D eigenvalue weighted by atomic mass is 32.2. The van der Waals surface area contributed by atoms with Gasteiger partial charge >= 0.3 is 0 Å². The van der Waals surface area contributed by atoms with E-state index in [1.807, 2.05) is 18.2 Å².